The van der Waals surface area contributed by atoms with Crippen LogP contribution in [0.15, 0.2) is 48.5 Å². The minimum absolute atomic E-state index is 0.139. The number of likely N-dealkylation sites (N-methyl/N-ethyl adjacent to an activating group) is 1. The van der Waals surface area contributed by atoms with Gasteiger partial charge in [0.2, 0.25) is 0 Å². The molecule has 1 heterocycles. The van der Waals surface area contributed by atoms with Gasteiger partial charge in [0.15, 0.2) is 6.54 Å². The fourth-order valence-electron chi connectivity index (χ4n) is 2.88. The van der Waals surface area contributed by atoms with E-state index >= 15 is 0 Å². The van der Waals surface area contributed by atoms with E-state index in [0.29, 0.717) is 23.4 Å². The number of carbonyl (C=O) groups excluding carboxylic acids is 3. The van der Waals surface area contributed by atoms with Crippen LogP contribution in [0.1, 0.15) is 20.7 Å². The van der Waals surface area contributed by atoms with Crippen molar-refractivity contribution in [3.63, 3.8) is 0 Å². The fourth-order valence-corrected chi connectivity index (χ4v) is 2.88. The molecule has 0 fully saturated rings. The van der Waals surface area contributed by atoms with Gasteiger partial charge in [0.25, 0.3) is 17.7 Å². The topological polar surface area (TPSA) is 70.9 Å². The molecule has 0 aromatic heterocycles. The van der Waals surface area contributed by atoms with Crippen LogP contribution in [0, 0.1) is 5.82 Å². The number of nitrogens with one attached hydrogen (secondary N) is 2. The van der Waals surface area contributed by atoms with Gasteiger partial charge < -0.3 is 10.2 Å². The summed E-state index contributed by atoms with van der Waals surface area (Å²) < 4.78 is 13.1. The maximum atomic E-state index is 13.1. The molecule has 0 radical (unpaired) electrons. The summed E-state index contributed by atoms with van der Waals surface area (Å²) in [6, 6.07) is 12.4. The van der Waals surface area contributed by atoms with Gasteiger partial charge >= 0.3 is 0 Å². The summed E-state index contributed by atoms with van der Waals surface area (Å²) in [7, 11) is 1.79. The van der Waals surface area contributed by atoms with E-state index in [9.17, 15) is 18.8 Å². The molecule has 0 saturated heterocycles. The van der Waals surface area contributed by atoms with Crippen LogP contribution in [0.2, 0.25) is 0 Å². The fraction of sp³-hybridized carbons (Fsp3) is 0.211. The first-order valence-electron chi connectivity index (χ1n) is 8.27. The number of hydrogen-bond donors (Lipinski definition) is 2. The molecule has 2 N–H and O–H groups in total. The van der Waals surface area contributed by atoms with Crippen LogP contribution in [0.4, 0.5) is 10.1 Å². The third kappa shape index (κ3) is 3.78. The third-order valence-corrected chi connectivity index (χ3v) is 4.21. The van der Waals surface area contributed by atoms with Crippen molar-refractivity contribution in [1.29, 1.82) is 0 Å². The highest BCUT2D eigenvalue weighted by Crippen LogP contribution is 2.21. The SMILES string of the molecule is C[NH+](CCN1C(=O)c2ccccc2C1=O)CC(=O)Nc1cccc(F)c1. The molecule has 0 saturated carbocycles. The molecule has 0 spiro atoms. The number of imide groups is 1. The minimum atomic E-state index is -0.422. The second kappa shape index (κ2) is 7.45. The summed E-state index contributed by atoms with van der Waals surface area (Å²) in [6.07, 6.45) is 0. The number of halogens is 1. The number of quaternary nitrogens is 1. The first-order chi connectivity index (χ1) is 12.5. The molecule has 1 aliphatic heterocycles. The lowest BCUT2D eigenvalue weighted by atomic mass is 10.1. The van der Waals surface area contributed by atoms with Crippen LogP contribution in [-0.4, -0.2) is 49.3 Å². The number of fused-ring (bicyclic) bond motifs is 1. The average Bonchev–Trinajstić information content (AvgIpc) is 2.84. The van der Waals surface area contributed by atoms with Crippen molar-refractivity contribution in [3.8, 4) is 0 Å². The van der Waals surface area contributed by atoms with Crippen molar-refractivity contribution >= 4 is 23.4 Å². The van der Waals surface area contributed by atoms with Crippen molar-refractivity contribution in [2.24, 2.45) is 0 Å². The van der Waals surface area contributed by atoms with E-state index in [0.717, 1.165) is 4.90 Å². The van der Waals surface area contributed by atoms with Gasteiger partial charge in [-0.25, -0.2) is 4.39 Å². The third-order valence-electron chi connectivity index (χ3n) is 4.21. The molecule has 2 aromatic rings. The number of hydrogen-bond acceptors (Lipinski definition) is 3. The average molecular weight is 356 g/mol. The molecule has 1 aliphatic rings. The molecule has 7 heteroatoms. The van der Waals surface area contributed by atoms with E-state index in [1.54, 1.807) is 37.4 Å². The van der Waals surface area contributed by atoms with E-state index in [-0.39, 0.29) is 30.8 Å². The Kier molecular flexibility index (Phi) is 5.09. The Morgan fingerprint density at radius 2 is 1.73 bits per heavy atom. The first-order valence-corrected chi connectivity index (χ1v) is 8.27. The highest BCUT2D eigenvalue weighted by atomic mass is 19.1. The molecule has 1 atom stereocenters. The van der Waals surface area contributed by atoms with Crippen LogP contribution >= 0.6 is 0 Å². The zero-order valence-electron chi connectivity index (χ0n) is 14.3. The Hall–Kier alpha value is -3.06. The maximum Gasteiger partial charge on any atom is 0.279 e. The summed E-state index contributed by atoms with van der Waals surface area (Å²) in [6.45, 7) is 0.799. The zero-order valence-corrected chi connectivity index (χ0v) is 14.3. The molecule has 3 amide bonds. The van der Waals surface area contributed by atoms with Crippen molar-refractivity contribution in [2.75, 3.05) is 32.0 Å². The molecule has 3 rings (SSSR count). The van der Waals surface area contributed by atoms with E-state index in [2.05, 4.69) is 5.32 Å². The van der Waals surface area contributed by atoms with E-state index < -0.39 is 5.82 Å². The zero-order chi connectivity index (χ0) is 18.7. The van der Waals surface area contributed by atoms with Crippen molar-refractivity contribution in [2.45, 2.75) is 0 Å². The molecule has 2 aromatic carbocycles. The molecular weight excluding hydrogens is 337 g/mol. The molecule has 6 nitrogen and oxygen atoms in total. The molecule has 0 aliphatic carbocycles. The van der Waals surface area contributed by atoms with Crippen LogP contribution < -0.4 is 10.2 Å². The van der Waals surface area contributed by atoms with Crippen LogP contribution in [0.3, 0.4) is 0 Å². The Morgan fingerprint density at radius 3 is 2.35 bits per heavy atom. The molecule has 1 unspecified atom stereocenters. The molecular formula is C19H19FN3O3+. The second-order valence-electron chi connectivity index (χ2n) is 6.25. The van der Waals surface area contributed by atoms with Crippen LogP contribution in [-0.2, 0) is 4.79 Å². The van der Waals surface area contributed by atoms with Gasteiger partial charge in [0.05, 0.1) is 31.3 Å². The number of amides is 3. The monoisotopic (exact) mass is 356 g/mol. The first kappa shape index (κ1) is 17.8. The predicted octanol–water partition coefficient (Wildman–Crippen LogP) is 0.575. The van der Waals surface area contributed by atoms with Crippen molar-refractivity contribution in [3.05, 3.63) is 65.5 Å². The largest absolute Gasteiger partial charge is 0.328 e. The molecule has 134 valence electrons. The summed E-state index contributed by atoms with van der Waals surface area (Å²) >= 11 is 0. The van der Waals surface area contributed by atoms with E-state index in [1.807, 2.05) is 0 Å². The Morgan fingerprint density at radius 1 is 1.08 bits per heavy atom. The molecule has 0 bridgehead atoms. The number of rotatable bonds is 6. The van der Waals surface area contributed by atoms with Gasteiger partial charge in [-0.1, -0.05) is 18.2 Å². The lowest BCUT2D eigenvalue weighted by Gasteiger charge is -2.18. The Labute approximate surface area is 150 Å². The molecule has 26 heavy (non-hydrogen) atoms. The minimum Gasteiger partial charge on any atom is -0.328 e. The lowest BCUT2D eigenvalue weighted by Crippen LogP contribution is -3.10. The summed E-state index contributed by atoms with van der Waals surface area (Å²) in [5.41, 5.74) is 1.22. The van der Waals surface area contributed by atoms with Gasteiger partial charge in [-0.2, -0.15) is 0 Å². The maximum absolute atomic E-state index is 13.1. The Balaban J connectivity index is 1.52. The number of carbonyl (C=O) groups is 3. The lowest BCUT2D eigenvalue weighted by molar-refractivity contribution is -0.870. The summed E-state index contributed by atoms with van der Waals surface area (Å²) in [4.78, 5) is 38.7. The second-order valence-corrected chi connectivity index (χ2v) is 6.25. The number of nitrogens with zero attached hydrogens (tertiary/aromatic N) is 1. The smallest absolute Gasteiger partial charge is 0.279 e. The quantitative estimate of drug-likeness (QED) is 0.744. The van der Waals surface area contributed by atoms with Gasteiger partial charge in [-0.3, -0.25) is 19.3 Å². The normalized spacial score (nSPS) is 14.3. The van der Waals surface area contributed by atoms with Crippen LogP contribution in [0.5, 0.6) is 0 Å². The van der Waals surface area contributed by atoms with Gasteiger partial charge in [-0.05, 0) is 30.3 Å². The van der Waals surface area contributed by atoms with Gasteiger partial charge in [-0.15, -0.1) is 0 Å². The standard InChI is InChI=1S/C19H18FN3O3/c1-22(12-17(24)21-14-6-4-5-13(20)11-14)9-10-23-18(25)15-7-2-3-8-16(15)19(23)26/h2-8,11H,9-10,12H2,1H3,(H,21,24)/p+1. The van der Waals surface area contributed by atoms with Crippen molar-refractivity contribution < 1.29 is 23.7 Å². The van der Waals surface area contributed by atoms with Crippen LogP contribution in [0.25, 0.3) is 0 Å². The van der Waals surface area contributed by atoms with Gasteiger partial charge in [0.1, 0.15) is 5.82 Å². The highest BCUT2D eigenvalue weighted by molar-refractivity contribution is 6.21. The summed E-state index contributed by atoms with van der Waals surface area (Å²) in [5.74, 6) is -1.30. The Bertz CT molecular complexity index is 834. The van der Waals surface area contributed by atoms with E-state index in [4.69, 9.17) is 0 Å². The van der Waals surface area contributed by atoms with E-state index in [1.165, 1.54) is 23.1 Å². The summed E-state index contributed by atoms with van der Waals surface area (Å²) in [5, 5.41) is 2.63. The predicted molar refractivity (Wildman–Crippen MR) is 93.5 cm³/mol. The number of anilines is 1. The van der Waals surface area contributed by atoms with Crippen molar-refractivity contribution in [1.82, 2.24) is 4.90 Å². The van der Waals surface area contributed by atoms with Gasteiger partial charge in [0, 0.05) is 5.69 Å². The number of benzene rings is 2. The highest BCUT2D eigenvalue weighted by Gasteiger charge is 2.35.